The maximum absolute atomic E-state index is 5.56. The van der Waals surface area contributed by atoms with Gasteiger partial charge >= 0.3 is 0 Å². The van der Waals surface area contributed by atoms with E-state index in [2.05, 4.69) is 57.3 Å². The van der Waals surface area contributed by atoms with Crippen LogP contribution in [0, 0.1) is 0 Å². The summed E-state index contributed by atoms with van der Waals surface area (Å²) in [6.07, 6.45) is 2.37. The molecule has 0 bridgehead atoms. The van der Waals surface area contributed by atoms with Gasteiger partial charge in [0.1, 0.15) is 0 Å². The average molecular weight is 295 g/mol. The van der Waals surface area contributed by atoms with Crippen LogP contribution in [0.25, 0.3) is 0 Å². The predicted molar refractivity (Wildman–Crippen MR) is 89.5 cm³/mol. The topological polar surface area (TPSA) is 21.3 Å². The van der Waals surface area contributed by atoms with Gasteiger partial charge in [0.2, 0.25) is 0 Å². The third-order valence-corrected chi connectivity index (χ3v) is 3.86. The highest BCUT2D eigenvalue weighted by molar-refractivity contribution is 7.99. The van der Waals surface area contributed by atoms with Crippen LogP contribution in [0.1, 0.15) is 46.1 Å². The molecule has 0 atom stereocenters. The lowest BCUT2D eigenvalue weighted by Gasteiger charge is -2.20. The first-order chi connectivity index (χ1) is 9.51. The number of hydrogen-bond donors (Lipinski definition) is 1. The minimum absolute atomic E-state index is 0.170. The highest BCUT2D eigenvalue weighted by Crippen LogP contribution is 2.18. The summed E-state index contributed by atoms with van der Waals surface area (Å²) in [4.78, 5) is 1.32. The zero-order chi connectivity index (χ0) is 14.8. The smallest absolute Gasteiger partial charge is 0.0560 e. The minimum atomic E-state index is 0.170. The first-order valence-corrected chi connectivity index (χ1v) is 8.54. The van der Waals surface area contributed by atoms with Crippen LogP contribution in [0.15, 0.2) is 29.2 Å². The Morgan fingerprint density at radius 1 is 1.10 bits per heavy atom. The van der Waals surface area contributed by atoms with Gasteiger partial charge in [0.15, 0.2) is 0 Å². The van der Waals surface area contributed by atoms with Crippen molar-refractivity contribution in [2.45, 2.75) is 57.5 Å². The van der Waals surface area contributed by atoms with Crippen LogP contribution in [-0.4, -0.2) is 24.5 Å². The van der Waals surface area contributed by atoms with E-state index in [0.717, 1.165) is 25.5 Å². The van der Waals surface area contributed by atoms with Crippen molar-refractivity contribution in [2.24, 2.45) is 0 Å². The van der Waals surface area contributed by atoms with E-state index in [1.54, 1.807) is 0 Å². The van der Waals surface area contributed by atoms with Crippen molar-refractivity contribution in [1.82, 2.24) is 5.32 Å². The number of rotatable bonds is 9. The molecule has 0 aromatic heterocycles. The molecule has 0 aliphatic carbocycles. The molecule has 0 aliphatic rings. The quantitative estimate of drug-likeness (QED) is 0.536. The normalized spacial score (nSPS) is 11.8. The molecule has 0 unspecified atom stereocenters. The average Bonchev–Trinajstić information content (AvgIpc) is 2.41. The van der Waals surface area contributed by atoms with Crippen LogP contribution < -0.4 is 5.32 Å². The molecule has 0 saturated carbocycles. The van der Waals surface area contributed by atoms with Gasteiger partial charge in [-0.25, -0.2) is 0 Å². The van der Waals surface area contributed by atoms with E-state index >= 15 is 0 Å². The summed E-state index contributed by atoms with van der Waals surface area (Å²) in [6.45, 7) is 11.4. The molecule has 0 saturated heterocycles. The van der Waals surface area contributed by atoms with Crippen molar-refractivity contribution in [3.05, 3.63) is 29.8 Å². The molecule has 0 spiro atoms. The van der Waals surface area contributed by atoms with Crippen LogP contribution in [0.5, 0.6) is 0 Å². The summed E-state index contributed by atoms with van der Waals surface area (Å²) in [6, 6.07) is 8.82. The van der Waals surface area contributed by atoms with Gasteiger partial charge in [-0.1, -0.05) is 25.5 Å². The highest BCUT2D eigenvalue weighted by atomic mass is 32.2. The summed E-state index contributed by atoms with van der Waals surface area (Å²) in [5.74, 6) is 1.03. The fraction of sp³-hybridized carbons (Fsp3) is 0.647. The van der Waals surface area contributed by atoms with E-state index in [9.17, 15) is 0 Å². The second-order valence-corrected chi connectivity index (χ2v) is 7.23. The maximum Gasteiger partial charge on any atom is 0.0560 e. The van der Waals surface area contributed by atoms with Gasteiger partial charge < -0.3 is 10.1 Å². The Balaban J connectivity index is 2.21. The molecule has 0 fully saturated rings. The van der Waals surface area contributed by atoms with E-state index in [1.807, 2.05) is 11.8 Å². The Labute approximate surface area is 128 Å². The lowest BCUT2D eigenvalue weighted by atomic mass is 10.1. The molecule has 0 heterocycles. The number of unbranched alkanes of at least 4 members (excludes halogenated alkanes) is 1. The molecular weight excluding hydrogens is 266 g/mol. The predicted octanol–water partition coefficient (Wildman–Crippen LogP) is 4.48. The Hall–Kier alpha value is -0.510. The number of benzene rings is 1. The molecule has 2 nitrogen and oxygen atoms in total. The Morgan fingerprint density at radius 2 is 1.80 bits per heavy atom. The van der Waals surface area contributed by atoms with Gasteiger partial charge in [-0.3, -0.25) is 0 Å². The van der Waals surface area contributed by atoms with Gasteiger partial charge in [-0.15, -0.1) is 11.8 Å². The second kappa shape index (κ2) is 9.43. The standard InChI is InChI=1S/C17H29NOS/c1-5-6-11-19-12-13-20-16-9-7-15(8-10-16)14-18-17(2,3)4/h7-10,18H,5-6,11-14H2,1-4H3. The molecular formula is C17H29NOS. The van der Waals surface area contributed by atoms with Crippen molar-refractivity contribution in [1.29, 1.82) is 0 Å². The molecule has 1 aromatic rings. The van der Waals surface area contributed by atoms with Gasteiger partial charge in [0.25, 0.3) is 0 Å². The first kappa shape index (κ1) is 17.5. The van der Waals surface area contributed by atoms with E-state index in [4.69, 9.17) is 4.74 Å². The molecule has 20 heavy (non-hydrogen) atoms. The van der Waals surface area contributed by atoms with Gasteiger partial charge in [0, 0.05) is 29.3 Å². The van der Waals surface area contributed by atoms with E-state index < -0.39 is 0 Å². The summed E-state index contributed by atoms with van der Waals surface area (Å²) in [5, 5.41) is 3.50. The van der Waals surface area contributed by atoms with Crippen LogP contribution in [0.2, 0.25) is 0 Å². The van der Waals surface area contributed by atoms with Crippen molar-refractivity contribution < 1.29 is 4.74 Å². The third kappa shape index (κ3) is 8.62. The van der Waals surface area contributed by atoms with Crippen molar-refractivity contribution in [2.75, 3.05) is 19.0 Å². The van der Waals surface area contributed by atoms with Gasteiger partial charge in [-0.2, -0.15) is 0 Å². The highest BCUT2D eigenvalue weighted by Gasteiger charge is 2.07. The Morgan fingerprint density at radius 3 is 2.40 bits per heavy atom. The lowest BCUT2D eigenvalue weighted by Crippen LogP contribution is -2.35. The number of nitrogens with one attached hydrogen (secondary N) is 1. The fourth-order valence-electron chi connectivity index (χ4n) is 1.64. The van der Waals surface area contributed by atoms with Crippen LogP contribution in [0.4, 0.5) is 0 Å². The second-order valence-electron chi connectivity index (χ2n) is 6.06. The molecule has 1 rings (SSSR count). The number of ether oxygens (including phenoxy) is 1. The lowest BCUT2D eigenvalue weighted by molar-refractivity contribution is 0.147. The largest absolute Gasteiger partial charge is 0.381 e. The molecule has 0 amide bonds. The monoisotopic (exact) mass is 295 g/mol. The Kier molecular flexibility index (Phi) is 8.27. The molecule has 114 valence electrons. The van der Waals surface area contributed by atoms with Crippen molar-refractivity contribution in [3.63, 3.8) is 0 Å². The molecule has 3 heteroatoms. The first-order valence-electron chi connectivity index (χ1n) is 7.56. The number of hydrogen-bond acceptors (Lipinski definition) is 3. The maximum atomic E-state index is 5.56. The fourth-order valence-corrected chi connectivity index (χ4v) is 2.40. The Bertz CT molecular complexity index is 356. The van der Waals surface area contributed by atoms with E-state index in [0.29, 0.717) is 0 Å². The van der Waals surface area contributed by atoms with Crippen LogP contribution in [-0.2, 0) is 11.3 Å². The number of thioether (sulfide) groups is 1. The van der Waals surface area contributed by atoms with Crippen molar-refractivity contribution >= 4 is 11.8 Å². The van der Waals surface area contributed by atoms with E-state index in [-0.39, 0.29) is 5.54 Å². The molecule has 0 radical (unpaired) electrons. The minimum Gasteiger partial charge on any atom is -0.381 e. The summed E-state index contributed by atoms with van der Waals surface area (Å²) in [7, 11) is 0. The zero-order valence-corrected chi connectivity index (χ0v) is 14.2. The summed E-state index contributed by atoms with van der Waals surface area (Å²) < 4.78 is 5.56. The summed E-state index contributed by atoms with van der Waals surface area (Å²) in [5.41, 5.74) is 1.51. The van der Waals surface area contributed by atoms with Crippen LogP contribution in [0.3, 0.4) is 0 Å². The van der Waals surface area contributed by atoms with E-state index in [1.165, 1.54) is 23.3 Å². The van der Waals surface area contributed by atoms with Gasteiger partial charge in [0.05, 0.1) is 6.61 Å². The van der Waals surface area contributed by atoms with Crippen LogP contribution >= 0.6 is 11.8 Å². The zero-order valence-electron chi connectivity index (χ0n) is 13.4. The third-order valence-electron chi connectivity index (χ3n) is 2.88. The van der Waals surface area contributed by atoms with Gasteiger partial charge in [-0.05, 0) is 44.9 Å². The molecule has 0 aliphatic heterocycles. The molecule has 1 N–H and O–H groups in total. The van der Waals surface area contributed by atoms with Crippen molar-refractivity contribution in [3.8, 4) is 0 Å². The molecule has 1 aromatic carbocycles. The summed E-state index contributed by atoms with van der Waals surface area (Å²) >= 11 is 1.87. The SMILES string of the molecule is CCCCOCCSc1ccc(CNC(C)(C)C)cc1.